The van der Waals surface area contributed by atoms with Crippen molar-refractivity contribution in [1.29, 1.82) is 0 Å². The quantitative estimate of drug-likeness (QED) is 0.582. The first-order valence-corrected chi connectivity index (χ1v) is 8.26. The van der Waals surface area contributed by atoms with Gasteiger partial charge in [0, 0.05) is 6.61 Å². The highest BCUT2D eigenvalue weighted by molar-refractivity contribution is 7.86. The van der Waals surface area contributed by atoms with Crippen molar-refractivity contribution < 1.29 is 31.3 Å². The van der Waals surface area contributed by atoms with E-state index >= 15 is 0 Å². The van der Waals surface area contributed by atoms with E-state index in [4.69, 9.17) is 13.7 Å². The van der Waals surface area contributed by atoms with Crippen molar-refractivity contribution in [2.45, 2.75) is 36.9 Å². The number of esters is 1. The Morgan fingerprint density at radius 1 is 1.41 bits per heavy atom. The number of benzene rings is 1. The molecule has 1 aromatic rings. The molecule has 2 rings (SSSR count). The molecular formula is C14H17FO6S. The number of ether oxygens (including phenoxy) is 2. The van der Waals surface area contributed by atoms with Gasteiger partial charge in [0.05, 0.1) is 11.0 Å². The molecule has 1 fully saturated rings. The van der Waals surface area contributed by atoms with E-state index in [-0.39, 0.29) is 17.6 Å². The molecule has 0 N–H and O–H groups in total. The second-order valence-electron chi connectivity index (χ2n) is 4.91. The Kier molecular flexibility index (Phi) is 5.49. The monoisotopic (exact) mass is 332 g/mol. The van der Waals surface area contributed by atoms with Crippen LogP contribution in [0.4, 0.5) is 4.39 Å². The van der Waals surface area contributed by atoms with Crippen LogP contribution in [0, 0.1) is 5.82 Å². The van der Waals surface area contributed by atoms with Gasteiger partial charge in [-0.3, -0.25) is 4.18 Å². The lowest BCUT2D eigenvalue weighted by Crippen LogP contribution is -2.29. The predicted molar refractivity (Wildman–Crippen MR) is 74.1 cm³/mol. The summed E-state index contributed by atoms with van der Waals surface area (Å²) in [5.74, 6) is -1.36. The smallest absolute Gasteiger partial charge is 0.336 e. The average molecular weight is 332 g/mol. The molecule has 122 valence electrons. The van der Waals surface area contributed by atoms with E-state index in [0.29, 0.717) is 6.61 Å². The first-order valence-electron chi connectivity index (χ1n) is 6.85. The summed E-state index contributed by atoms with van der Waals surface area (Å²) in [6, 6.07) is 4.12. The van der Waals surface area contributed by atoms with Crippen LogP contribution in [0.1, 0.15) is 19.8 Å². The largest absolute Gasteiger partial charge is 0.461 e. The molecule has 6 nitrogen and oxygen atoms in total. The van der Waals surface area contributed by atoms with Crippen LogP contribution in [-0.2, 0) is 28.6 Å². The van der Waals surface area contributed by atoms with Crippen molar-refractivity contribution in [3.05, 3.63) is 30.1 Å². The molecule has 1 aliphatic rings. The Balaban J connectivity index is 1.90. The van der Waals surface area contributed by atoms with E-state index in [1.807, 2.05) is 0 Å². The molecular weight excluding hydrogens is 315 g/mol. The summed E-state index contributed by atoms with van der Waals surface area (Å²) in [7, 11) is -4.16. The van der Waals surface area contributed by atoms with Gasteiger partial charge in [0.2, 0.25) is 0 Å². The molecule has 2 unspecified atom stereocenters. The molecule has 1 heterocycles. The highest BCUT2D eigenvalue weighted by Crippen LogP contribution is 2.16. The molecule has 0 aliphatic carbocycles. The second-order valence-corrected chi connectivity index (χ2v) is 6.48. The fourth-order valence-corrected chi connectivity index (χ4v) is 2.99. The lowest BCUT2D eigenvalue weighted by Gasteiger charge is -2.14. The zero-order valence-electron chi connectivity index (χ0n) is 12.0. The molecule has 0 bridgehead atoms. The second kappa shape index (κ2) is 7.17. The van der Waals surface area contributed by atoms with Crippen LogP contribution in [0.15, 0.2) is 29.2 Å². The van der Waals surface area contributed by atoms with Gasteiger partial charge in [0.1, 0.15) is 12.4 Å². The Hall–Kier alpha value is -1.51. The SMILES string of the molecule is CC(OS(=O)(=O)c1ccc(F)cc1)C(=O)OCC1CCCO1. The molecule has 0 radical (unpaired) electrons. The highest BCUT2D eigenvalue weighted by Gasteiger charge is 2.26. The maximum Gasteiger partial charge on any atom is 0.336 e. The maximum absolute atomic E-state index is 12.8. The van der Waals surface area contributed by atoms with E-state index in [2.05, 4.69) is 0 Å². The van der Waals surface area contributed by atoms with Crippen LogP contribution in [0.2, 0.25) is 0 Å². The molecule has 0 aromatic heterocycles. The van der Waals surface area contributed by atoms with Crippen molar-refractivity contribution in [3.8, 4) is 0 Å². The molecule has 0 spiro atoms. The molecule has 1 aromatic carbocycles. The summed E-state index contributed by atoms with van der Waals surface area (Å²) in [4.78, 5) is 11.5. The average Bonchev–Trinajstić information content (AvgIpc) is 2.98. The zero-order chi connectivity index (χ0) is 16.2. The molecule has 22 heavy (non-hydrogen) atoms. The Bertz CT molecular complexity index is 607. The molecule has 1 aliphatic heterocycles. The minimum Gasteiger partial charge on any atom is -0.461 e. The summed E-state index contributed by atoms with van der Waals surface area (Å²) >= 11 is 0. The van der Waals surface area contributed by atoms with E-state index in [1.165, 1.54) is 6.92 Å². The van der Waals surface area contributed by atoms with Gasteiger partial charge in [0.15, 0.2) is 6.10 Å². The first-order chi connectivity index (χ1) is 10.4. The summed E-state index contributed by atoms with van der Waals surface area (Å²) in [5.41, 5.74) is 0. The van der Waals surface area contributed by atoms with Crippen LogP contribution in [0.5, 0.6) is 0 Å². The van der Waals surface area contributed by atoms with Gasteiger partial charge in [-0.05, 0) is 44.0 Å². The van der Waals surface area contributed by atoms with Gasteiger partial charge in [-0.2, -0.15) is 8.42 Å². The van der Waals surface area contributed by atoms with E-state index in [0.717, 1.165) is 37.1 Å². The lowest BCUT2D eigenvalue weighted by atomic mass is 10.2. The van der Waals surface area contributed by atoms with Gasteiger partial charge in [-0.1, -0.05) is 0 Å². The van der Waals surface area contributed by atoms with Crippen molar-refractivity contribution >= 4 is 16.1 Å². The molecule has 2 atom stereocenters. The third-order valence-electron chi connectivity index (χ3n) is 3.14. The van der Waals surface area contributed by atoms with Crippen molar-refractivity contribution in [2.75, 3.05) is 13.2 Å². The first kappa shape index (κ1) is 16.9. The van der Waals surface area contributed by atoms with Crippen molar-refractivity contribution in [1.82, 2.24) is 0 Å². The van der Waals surface area contributed by atoms with Crippen LogP contribution in [-0.4, -0.2) is 39.8 Å². The van der Waals surface area contributed by atoms with Crippen molar-refractivity contribution in [2.24, 2.45) is 0 Å². The third kappa shape index (κ3) is 4.49. The Labute approximate surface area is 128 Å². The Morgan fingerprint density at radius 2 is 2.09 bits per heavy atom. The van der Waals surface area contributed by atoms with Gasteiger partial charge < -0.3 is 9.47 Å². The standard InChI is InChI=1S/C14H17FO6S/c1-10(14(16)20-9-12-3-2-8-19-12)21-22(17,18)13-6-4-11(15)5-7-13/h4-7,10,12H,2-3,8-9H2,1H3. The molecule has 0 saturated carbocycles. The number of carbonyl (C=O) groups is 1. The number of carbonyl (C=O) groups excluding carboxylic acids is 1. The fraction of sp³-hybridized carbons (Fsp3) is 0.500. The minimum absolute atomic E-state index is 0.0725. The van der Waals surface area contributed by atoms with Crippen LogP contribution in [0.3, 0.4) is 0 Å². The van der Waals surface area contributed by atoms with Crippen LogP contribution < -0.4 is 0 Å². The normalized spacial score (nSPS) is 19.8. The number of hydrogen-bond acceptors (Lipinski definition) is 6. The van der Waals surface area contributed by atoms with Crippen LogP contribution >= 0.6 is 0 Å². The topological polar surface area (TPSA) is 78.9 Å². The highest BCUT2D eigenvalue weighted by atomic mass is 32.2. The zero-order valence-corrected chi connectivity index (χ0v) is 12.8. The maximum atomic E-state index is 12.8. The fourth-order valence-electron chi connectivity index (χ4n) is 1.95. The predicted octanol–water partition coefficient (Wildman–Crippen LogP) is 1.64. The molecule has 8 heteroatoms. The molecule has 0 amide bonds. The van der Waals surface area contributed by atoms with Gasteiger partial charge >= 0.3 is 5.97 Å². The van der Waals surface area contributed by atoms with Gasteiger partial charge in [-0.15, -0.1) is 0 Å². The van der Waals surface area contributed by atoms with Crippen molar-refractivity contribution in [3.63, 3.8) is 0 Å². The molecule has 1 saturated heterocycles. The van der Waals surface area contributed by atoms with E-state index in [9.17, 15) is 17.6 Å². The van der Waals surface area contributed by atoms with E-state index in [1.54, 1.807) is 0 Å². The van der Waals surface area contributed by atoms with Gasteiger partial charge in [-0.25, -0.2) is 9.18 Å². The third-order valence-corrected chi connectivity index (χ3v) is 4.53. The summed E-state index contributed by atoms with van der Waals surface area (Å²) < 4.78 is 51.7. The number of rotatable bonds is 6. The Morgan fingerprint density at radius 3 is 2.68 bits per heavy atom. The van der Waals surface area contributed by atoms with Gasteiger partial charge in [0.25, 0.3) is 10.1 Å². The van der Waals surface area contributed by atoms with E-state index < -0.39 is 28.0 Å². The summed E-state index contributed by atoms with van der Waals surface area (Å²) in [6.07, 6.45) is 0.269. The number of halogens is 1. The summed E-state index contributed by atoms with van der Waals surface area (Å²) in [5, 5.41) is 0. The lowest BCUT2D eigenvalue weighted by molar-refractivity contribution is -0.154. The van der Waals surface area contributed by atoms with Crippen LogP contribution in [0.25, 0.3) is 0 Å². The summed E-state index contributed by atoms with van der Waals surface area (Å²) in [6.45, 7) is 1.98. The minimum atomic E-state index is -4.16. The number of hydrogen-bond donors (Lipinski definition) is 0.